The zero-order valence-corrected chi connectivity index (χ0v) is 22.5. The number of carbonyl (C=O) groups excluding carboxylic acids is 3. The third-order valence-corrected chi connectivity index (χ3v) is 8.33. The van der Waals surface area contributed by atoms with Gasteiger partial charge < -0.3 is 20.0 Å². The van der Waals surface area contributed by atoms with E-state index in [0.717, 1.165) is 24.2 Å². The summed E-state index contributed by atoms with van der Waals surface area (Å²) >= 11 is 1.42. The molecular formula is C30H34N4O3S. The van der Waals surface area contributed by atoms with Gasteiger partial charge in [-0.2, -0.15) is 0 Å². The van der Waals surface area contributed by atoms with Crippen molar-refractivity contribution in [2.75, 3.05) is 39.3 Å². The first-order valence-electron chi connectivity index (χ1n) is 13.3. The number of piperazine rings is 1. The Morgan fingerprint density at radius 1 is 0.974 bits per heavy atom. The van der Waals surface area contributed by atoms with Crippen LogP contribution in [0.25, 0.3) is 0 Å². The largest absolute Gasteiger partial charge is 0.338 e. The molecule has 1 N–H and O–H groups in total. The molecule has 2 aliphatic rings. The molecular weight excluding hydrogens is 496 g/mol. The van der Waals surface area contributed by atoms with Crippen molar-refractivity contribution >= 4 is 29.1 Å². The van der Waals surface area contributed by atoms with Gasteiger partial charge >= 0.3 is 0 Å². The van der Waals surface area contributed by atoms with E-state index in [2.05, 4.69) is 17.4 Å². The SMILES string of the molecule is Cc1ccc(C(=O)N2CC(N(CCc3ccccc3)C(=O)c3cccs3)CC2C(=O)N2CCNCC2)cc1. The minimum absolute atomic E-state index is 0.0268. The Labute approximate surface area is 228 Å². The molecule has 2 atom stereocenters. The Bertz CT molecular complexity index is 1240. The molecule has 38 heavy (non-hydrogen) atoms. The van der Waals surface area contributed by atoms with Crippen LogP contribution in [-0.2, 0) is 11.2 Å². The molecule has 3 amide bonds. The summed E-state index contributed by atoms with van der Waals surface area (Å²) in [6.45, 7) is 5.57. The van der Waals surface area contributed by atoms with Crippen LogP contribution in [0.1, 0.15) is 37.6 Å². The van der Waals surface area contributed by atoms with Crippen molar-refractivity contribution < 1.29 is 14.4 Å². The van der Waals surface area contributed by atoms with Crippen LogP contribution < -0.4 is 5.32 Å². The summed E-state index contributed by atoms with van der Waals surface area (Å²) in [6.07, 6.45) is 1.14. The van der Waals surface area contributed by atoms with Crippen molar-refractivity contribution in [3.63, 3.8) is 0 Å². The molecule has 3 heterocycles. The summed E-state index contributed by atoms with van der Waals surface area (Å²) in [5.41, 5.74) is 2.79. The van der Waals surface area contributed by atoms with Crippen LogP contribution in [0.15, 0.2) is 72.1 Å². The summed E-state index contributed by atoms with van der Waals surface area (Å²) in [5.74, 6) is -0.229. The third-order valence-electron chi connectivity index (χ3n) is 7.47. The van der Waals surface area contributed by atoms with Crippen LogP contribution in [0.3, 0.4) is 0 Å². The van der Waals surface area contributed by atoms with E-state index in [0.29, 0.717) is 49.5 Å². The van der Waals surface area contributed by atoms with E-state index in [9.17, 15) is 14.4 Å². The standard InChI is InChI=1S/C30H34N4O3S/c1-22-9-11-24(12-10-22)28(35)34-21-25(20-26(34)29(36)32-17-14-31-15-18-32)33(30(37)27-8-5-19-38-27)16-13-23-6-3-2-4-7-23/h2-12,19,25-26,31H,13-18,20-21H2,1H3. The Morgan fingerprint density at radius 2 is 1.71 bits per heavy atom. The molecule has 1 aromatic heterocycles. The van der Waals surface area contributed by atoms with Gasteiger partial charge in [-0.3, -0.25) is 14.4 Å². The van der Waals surface area contributed by atoms with E-state index in [1.807, 2.05) is 76.7 Å². The molecule has 2 aromatic carbocycles. The maximum atomic E-state index is 13.7. The zero-order chi connectivity index (χ0) is 26.5. The van der Waals surface area contributed by atoms with Crippen LogP contribution >= 0.6 is 11.3 Å². The number of rotatable bonds is 7. The van der Waals surface area contributed by atoms with E-state index >= 15 is 0 Å². The van der Waals surface area contributed by atoms with Crippen molar-refractivity contribution in [3.8, 4) is 0 Å². The maximum Gasteiger partial charge on any atom is 0.264 e. The van der Waals surface area contributed by atoms with Gasteiger partial charge in [0.25, 0.3) is 11.8 Å². The minimum Gasteiger partial charge on any atom is -0.338 e. The molecule has 3 aromatic rings. The molecule has 0 saturated carbocycles. The van der Waals surface area contributed by atoms with E-state index in [4.69, 9.17) is 0 Å². The van der Waals surface area contributed by atoms with Gasteiger partial charge in [0.15, 0.2) is 0 Å². The average molecular weight is 531 g/mol. The number of hydrogen-bond acceptors (Lipinski definition) is 5. The second-order valence-corrected chi connectivity index (χ2v) is 11.0. The number of nitrogens with zero attached hydrogens (tertiary/aromatic N) is 3. The fourth-order valence-electron chi connectivity index (χ4n) is 5.34. The highest BCUT2D eigenvalue weighted by molar-refractivity contribution is 7.12. The first kappa shape index (κ1) is 26.1. The monoisotopic (exact) mass is 530 g/mol. The fourth-order valence-corrected chi connectivity index (χ4v) is 6.02. The van der Waals surface area contributed by atoms with Crippen molar-refractivity contribution in [2.24, 2.45) is 0 Å². The number of likely N-dealkylation sites (tertiary alicyclic amines) is 1. The molecule has 0 spiro atoms. The first-order chi connectivity index (χ1) is 18.5. The lowest BCUT2D eigenvalue weighted by molar-refractivity contribution is -0.135. The second-order valence-electron chi connectivity index (χ2n) is 10.0. The number of aryl methyl sites for hydroxylation is 1. The summed E-state index contributed by atoms with van der Waals surface area (Å²) in [5, 5.41) is 5.19. The summed E-state index contributed by atoms with van der Waals surface area (Å²) < 4.78 is 0. The lowest BCUT2D eigenvalue weighted by Gasteiger charge is -2.32. The molecule has 7 nitrogen and oxygen atoms in total. The van der Waals surface area contributed by atoms with Crippen LogP contribution in [0.4, 0.5) is 0 Å². The number of carbonyl (C=O) groups is 3. The van der Waals surface area contributed by atoms with Crippen LogP contribution in [0, 0.1) is 6.92 Å². The van der Waals surface area contributed by atoms with E-state index in [-0.39, 0.29) is 23.8 Å². The van der Waals surface area contributed by atoms with Crippen LogP contribution in [0.5, 0.6) is 0 Å². The molecule has 0 aliphatic carbocycles. The van der Waals surface area contributed by atoms with Gasteiger partial charge in [0.05, 0.1) is 10.9 Å². The highest BCUT2D eigenvalue weighted by Gasteiger charge is 2.44. The number of amides is 3. The van der Waals surface area contributed by atoms with Crippen LogP contribution in [0.2, 0.25) is 0 Å². The molecule has 0 bridgehead atoms. The highest BCUT2D eigenvalue weighted by Crippen LogP contribution is 2.28. The zero-order valence-electron chi connectivity index (χ0n) is 21.7. The second kappa shape index (κ2) is 11.9. The first-order valence-corrected chi connectivity index (χ1v) is 14.1. The fraction of sp³-hybridized carbons (Fsp3) is 0.367. The van der Waals surface area contributed by atoms with Gasteiger partial charge in [-0.15, -0.1) is 11.3 Å². The molecule has 2 fully saturated rings. The molecule has 2 aliphatic heterocycles. The predicted octanol–water partition coefficient (Wildman–Crippen LogP) is 3.46. The van der Waals surface area contributed by atoms with Gasteiger partial charge in [-0.1, -0.05) is 54.1 Å². The molecule has 5 rings (SSSR count). The minimum atomic E-state index is -0.595. The van der Waals surface area contributed by atoms with Crippen molar-refractivity contribution in [2.45, 2.75) is 31.8 Å². The normalized spacial score (nSPS) is 19.4. The molecule has 0 radical (unpaired) electrons. The number of nitrogens with one attached hydrogen (secondary N) is 1. The van der Waals surface area contributed by atoms with E-state index < -0.39 is 6.04 Å². The van der Waals surface area contributed by atoms with Crippen molar-refractivity contribution in [3.05, 3.63) is 93.7 Å². The highest BCUT2D eigenvalue weighted by atomic mass is 32.1. The van der Waals surface area contributed by atoms with Gasteiger partial charge in [-0.05, 0) is 48.9 Å². The van der Waals surface area contributed by atoms with E-state index in [1.54, 1.807) is 4.90 Å². The van der Waals surface area contributed by atoms with Gasteiger partial charge in [0, 0.05) is 44.8 Å². The van der Waals surface area contributed by atoms with Gasteiger partial charge in [0.2, 0.25) is 5.91 Å². The summed E-state index contributed by atoms with van der Waals surface area (Å²) in [6, 6.07) is 20.5. The number of thiophene rings is 1. The molecule has 2 saturated heterocycles. The van der Waals surface area contributed by atoms with Gasteiger partial charge in [0.1, 0.15) is 6.04 Å². The molecule has 198 valence electrons. The maximum absolute atomic E-state index is 13.7. The topological polar surface area (TPSA) is 73.0 Å². The summed E-state index contributed by atoms with van der Waals surface area (Å²) in [4.78, 5) is 47.3. The lowest BCUT2D eigenvalue weighted by Crippen LogP contribution is -2.53. The Morgan fingerprint density at radius 3 is 2.39 bits per heavy atom. The smallest absolute Gasteiger partial charge is 0.264 e. The van der Waals surface area contributed by atoms with Crippen LogP contribution in [-0.4, -0.2) is 83.8 Å². The van der Waals surface area contributed by atoms with Crippen molar-refractivity contribution in [1.29, 1.82) is 0 Å². The Balaban J connectivity index is 1.43. The lowest BCUT2D eigenvalue weighted by atomic mass is 10.1. The third kappa shape index (κ3) is 5.81. The van der Waals surface area contributed by atoms with Gasteiger partial charge in [-0.25, -0.2) is 0 Å². The summed E-state index contributed by atoms with van der Waals surface area (Å²) in [7, 11) is 0. The quantitative estimate of drug-likeness (QED) is 0.508. The molecule has 2 unspecified atom stereocenters. The molecule has 8 heteroatoms. The number of hydrogen-bond donors (Lipinski definition) is 1. The number of benzene rings is 2. The average Bonchev–Trinajstić information content (AvgIpc) is 3.65. The Hall–Kier alpha value is -3.49. The Kier molecular flexibility index (Phi) is 8.20. The predicted molar refractivity (Wildman–Crippen MR) is 149 cm³/mol. The van der Waals surface area contributed by atoms with E-state index in [1.165, 1.54) is 11.3 Å². The van der Waals surface area contributed by atoms with Crippen molar-refractivity contribution in [1.82, 2.24) is 20.0 Å².